The number of ether oxygens (including phenoxy) is 1. The van der Waals surface area contributed by atoms with Crippen molar-refractivity contribution in [3.63, 3.8) is 0 Å². The summed E-state index contributed by atoms with van der Waals surface area (Å²) in [5.74, 6) is -1.72. The Morgan fingerprint density at radius 3 is 2.64 bits per heavy atom. The Morgan fingerprint density at radius 2 is 1.96 bits per heavy atom. The standard InChI is InChI=1S/C20H16FNO4S2/c1-2-15(19(24)25)26-16-10-6-3-7-12(16)11-17-18(23)22(20(27)28-17)14-9-5-4-8-13(14)21/h3-11,15H,2H2,1H3,(H,24,25)/b17-11+. The summed E-state index contributed by atoms with van der Waals surface area (Å²) in [6.45, 7) is 1.71. The highest BCUT2D eigenvalue weighted by Crippen LogP contribution is 2.38. The zero-order valence-corrected chi connectivity index (χ0v) is 16.4. The van der Waals surface area contributed by atoms with E-state index in [9.17, 15) is 19.1 Å². The van der Waals surface area contributed by atoms with Crippen LogP contribution in [0, 0.1) is 5.82 Å². The molecule has 1 fully saturated rings. The van der Waals surface area contributed by atoms with E-state index in [2.05, 4.69) is 0 Å². The number of thiocarbonyl (C=S) groups is 1. The van der Waals surface area contributed by atoms with Gasteiger partial charge < -0.3 is 9.84 Å². The van der Waals surface area contributed by atoms with Crippen LogP contribution in [0.2, 0.25) is 0 Å². The van der Waals surface area contributed by atoms with Gasteiger partial charge in [-0.25, -0.2) is 9.18 Å². The molecule has 0 saturated carbocycles. The molecule has 1 unspecified atom stereocenters. The quantitative estimate of drug-likeness (QED) is 0.552. The van der Waals surface area contributed by atoms with Crippen molar-refractivity contribution in [2.24, 2.45) is 0 Å². The van der Waals surface area contributed by atoms with Crippen LogP contribution >= 0.6 is 24.0 Å². The molecule has 0 radical (unpaired) electrons. The summed E-state index contributed by atoms with van der Waals surface area (Å²) in [4.78, 5) is 25.5. The lowest BCUT2D eigenvalue weighted by atomic mass is 10.1. The van der Waals surface area contributed by atoms with Crippen molar-refractivity contribution < 1.29 is 23.8 Å². The Balaban J connectivity index is 1.93. The molecule has 0 aliphatic carbocycles. The SMILES string of the molecule is CCC(Oc1ccccc1/C=C1/SC(=S)N(c2ccccc2F)C1=O)C(=O)O. The number of halogens is 1. The molecule has 0 aromatic heterocycles. The third-order valence-electron chi connectivity index (χ3n) is 4.01. The topological polar surface area (TPSA) is 66.8 Å². The molecule has 1 amide bonds. The van der Waals surface area contributed by atoms with E-state index in [-0.39, 0.29) is 10.0 Å². The number of para-hydroxylation sites is 2. The highest BCUT2D eigenvalue weighted by atomic mass is 32.2. The second-order valence-corrected chi connectivity index (χ2v) is 7.54. The number of nitrogens with zero attached hydrogens (tertiary/aromatic N) is 1. The Bertz CT molecular complexity index is 976. The van der Waals surface area contributed by atoms with Gasteiger partial charge in [0.15, 0.2) is 10.4 Å². The lowest BCUT2D eigenvalue weighted by Crippen LogP contribution is -2.28. The molecule has 3 rings (SSSR count). The minimum atomic E-state index is -1.07. The lowest BCUT2D eigenvalue weighted by molar-refractivity contribution is -0.145. The van der Waals surface area contributed by atoms with E-state index in [0.717, 1.165) is 16.7 Å². The summed E-state index contributed by atoms with van der Waals surface area (Å²) < 4.78 is 19.9. The van der Waals surface area contributed by atoms with Crippen LogP contribution in [-0.2, 0) is 9.59 Å². The molecular formula is C20H16FNO4S2. The molecule has 2 aromatic rings. The van der Waals surface area contributed by atoms with Crippen LogP contribution in [0.5, 0.6) is 5.75 Å². The molecule has 1 atom stereocenters. The van der Waals surface area contributed by atoms with Gasteiger partial charge in [0.05, 0.1) is 10.6 Å². The van der Waals surface area contributed by atoms with Crippen molar-refractivity contribution in [2.45, 2.75) is 19.4 Å². The van der Waals surface area contributed by atoms with E-state index >= 15 is 0 Å². The van der Waals surface area contributed by atoms with Crippen molar-refractivity contribution in [1.29, 1.82) is 0 Å². The van der Waals surface area contributed by atoms with Gasteiger partial charge in [-0.3, -0.25) is 9.69 Å². The largest absolute Gasteiger partial charge is 0.479 e. The monoisotopic (exact) mass is 417 g/mol. The van der Waals surface area contributed by atoms with E-state index in [0.29, 0.717) is 22.6 Å². The molecule has 144 valence electrons. The van der Waals surface area contributed by atoms with Crippen molar-refractivity contribution in [1.82, 2.24) is 0 Å². The highest BCUT2D eigenvalue weighted by molar-refractivity contribution is 8.27. The maximum absolute atomic E-state index is 14.1. The first-order valence-corrected chi connectivity index (χ1v) is 9.65. The second kappa shape index (κ2) is 8.53. The molecular weight excluding hydrogens is 401 g/mol. The Hall–Kier alpha value is -2.71. The van der Waals surface area contributed by atoms with Crippen LogP contribution in [0.1, 0.15) is 18.9 Å². The number of benzene rings is 2. The van der Waals surface area contributed by atoms with Gasteiger partial charge in [-0.05, 0) is 30.7 Å². The minimum Gasteiger partial charge on any atom is -0.479 e. The summed E-state index contributed by atoms with van der Waals surface area (Å²) >= 11 is 6.31. The minimum absolute atomic E-state index is 0.0925. The number of hydrogen-bond donors (Lipinski definition) is 1. The van der Waals surface area contributed by atoms with Crippen LogP contribution in [0.25, 0.3) is 6.08 Å². The summed E-state index contributed by atoms with van der Waals surface area (Å²) in [7, 11) is 0. The van der Waals surface area contributed by atoms with Crippen molar-refractivity contribution in [3.8, 4) is 5.75 Å². The molecule has 0 bridgehead atoms. The smallest absolute Gasteiger partial charge is 0.344 e. The number of carbonyl (C=O) groups excluding carboxylic acids is 1. The van der Waals surface area contributed by atoms with Crippen molar-refractivity contribution in [3.05, 3.63) is 64.8 Å². The molecule has 28 heavy (non-hydrogen) atoms. The van der Waals surface area contributed by atoms with E-state index < -0.39 is 23.8 Å². The molecule has 5 nitrogen and oxygen atoms in total. The Labute approximate surface area is 170 Å². The molecule has 2 aromatic carbocycles. The first kappa shape index (κ1) is 20.0. The number of carboxylic acids is 1. The van der Waals surface area contributed by atoms with E-state index in [1.807, 2.05) is 0 Å². The molecule has 1 aliphatic rings. The third-order valence-corrected chi connectivity index (χ3v) is 5.31. The number of carbonyl (C=O) groups is 2. The van der Waals surface area contributed by atoms with Crippen LogP contribution in [0.15, 0.2) is 53.4 Å². The van der Waals surface area contributed by atoms with Crippen LogP contribution in [-0.4, -0.2) is 27.4 Å². The first-order chi connectivity index (χ1) is 13.4. The fourth-order valence-corrected chi connectivity index (χ4v) is 3.89. The van der Waals surface area contributed by atoms with Gasteiger partial charge in [-0.2, -0.15) is 0 Å². The van der Waals surface area contributed by atoms with Crippen molar-refractivity contribution in [2.75, 3.05) is 4.90 Å². The first-order valence-electron chi connectivity index (χ1n) is 8.43. The Morgan fingerprint density at radius 1 is 1.29 bits per heavy atom. The predicted molar refractivity (Wildman–Crippen MR) is 111 cm³/mol. The summed E-state index contributed by atoms with van der Waals surface area (Å²) in [6.07, 6.45) is 0.866. The number of aliphatic carboxylic acids is 1. The number of amides is 1. The van der Waals surface area contributed by atoms with Crippen LogP contribution < -0.4 is 9.64 Å². The van der Waals surface area contributed by atoms with E-state index in [1.54, 1.807) is 43.3 Å². The lowest BCUT2D eigenvalue weighted by Gasteiger charge is -2.15. The summed E-state index contributed by atoms with van der Waals surface area (Å²) in [5.41, 5.74) is 0.631. The van der Waals surface area contributed by atoms with Crippen LogP contribution in [0.3, 0.4) is 0 Å². The van der Waals surface area contributed by atoms with Gasteiger partial charge in [0.1, 0.15) is 11.6 Å². The van der Waals surface area contributed by atoms with Gasteiger partial charge in [-0.15, -0.1) is 0 Å². The molecule has 8 heteroatoms. The maximum Gasteiger partial charge on any atom is 0.344 e. The number of rotatable bonds is 6. The van der Waals surface area contributed by atoms with Gasteiger partial charge >= 0.3 is 5.97 Å². The zero-order valence-electron chi connectivity index (χ0n) is 14.8. The zero-order chi connectivity index (χ0) is 20.3. The molecule has 1 N–H and O–H groups in total. The van der Waals surface area contributed by atoms with Gasteiger partial charge in [0, 0.05) is 5.56 Å². The molecule has 1 saturated heterocycles. The molecule has 1 heterocycles. The second-order valence-electron chi connectivity index (χ2n) is 5.86. The normalized spacial score (nSPS) is 16.5. The summed E-state index contributed by atoms with van der Waals surface area (Å²) in [5, 5.41) is 9.22. The van der Waals surface area contributed by atoms with Gasteiger partial charge in [-0.1, -0.05) is 61.2 Å². The average Bonchev–Trinajstić information content (AvgIpc) is 2.94. The average molecular weight is 417 g/mol. The number of hydrogen-bond acceptors (Lipinski definition) is 5. The Kier molecular flexibility index (Phi) is 6.11. The van der Waals surface area contributed by atoms with E-state index in [4.69, 9.17) is 17.0 Å². The fourth-order valence-electron chi connectivity index (χ4n) is 2.62. The summed E-state index contributed by atoms with van der Waals surface area (Å²) in [6, 6.07) is 12.7. The van der Waals surface area contributed by atoms with Crippen molar-refractivity contribution >= 4 is 51.9 Å². The van der Waals surface area contributed by atoms with Crippen LogP contribution in [0.4, 0.5) is 10.1 Å². The number of anilines is 1. The van der Waals surface area contributed by atoms with E-state index in [1.165, 1.54) is 18.2 Å². The van der Waals surface area contributed by atoms with Gasteiger partial charge in [0.2, 0.25) is 0 Å². The number of thioether (sulfide) groups is 1. The molecule has 0 spiro atoms. The molecule has 1 aliphatic heterocycles. The highest BCUT2D eigenvalue weighted by Gasteiger charge is 2.35. The third kappa shape index (κ3) is 4.07. The predicted octanol–water partition coefficient (Wildman–Crippen LogP) is 4.47. The van der Waals surface area contributed by atoms with Gasteiger partial charge in [0.25, 0.3) is 5.91 Å². The number of carboxylic acid groups (broad SMARTS) is 1. The maximum atomic E-state index is 14.1. The fraction of sp³-hybridized carbons (Fsp3) is 0.150.